The Balaban J connectivity index is 2.26. The number of likely N-dealkylation sites (N-methyl/N-ethyl adjacent to an activating group) is 1. The quantitative estimate of drug-likeness (QED) is 0.883. The van der Waals surface area contributed by atoms with Crippen LogP contribution in [0, 0.1) is 6.92 Å². The first-order chi connectivity index (χ1) is 10.1. The fourth-order valence-corrected chi connectivity index (χ4v) is 2.25. The van der Waals surface area contributed by atoms with Gasteiger partial charge in [0.25, 0.3) is 0 Å². The van der Waals surface area contributed by atoms with Crippen LogP contribution in [0.3, 0.4) is 0 Å². The van der Waals surface area contributed by atoms with Gasteiger partial charge in [0.15, 0.2) is 0 Å². The van der Waals surface area contributed by atoms with Crippen molar-refractivity contribution in [1.82, 2.24) is 4.90 Å². The lowest BCUT2D eigenvalue weighted by atomic mass is 9.97. The first-order valence-corrected chi connectivity index (χ1v) is 7.18. The van der Waals surface area contributed by atoms with Crippen molar-refractivity contribution in [1.29, 1.82) is 0 Å². The lowest BCUT2D eigenvalue weighted by molar-refractivity contribution is 0.0683. The molecule has 2 aromatic carbocycles. The van der Waals surface area contributed by atoms with Crippen molar-refractivity contribution >= 4 is 0 Å². The minimum Gasteiger partial charge on any atom is -0.508 e. The second-order valence-electron chi connectivity index (χ2n) is 5.50. The zero-order chi connectivity index (χ0) is 15.2. The lowest BCUT2D eigenvalue weighted by Gasteiger charge is -2.22. The highest BCUT2D eigenvalue weighted by Crippen LogP contribution is 2.29. The number of nitrogens with zero attached hydrogens (tertiary/aromatic N) is 1. The monoisotopic (exact) mass is 285 g/mol. The van der Waals surface area contributed by atoms with E-state index in [1.807, 2.05) is 38.4 Å². The van der Waals surface area contributed by atoms with Gasteiger partial charge in [0.05, 0.1) is 6.61 Å². The summed E-state index contributed by atoms with van der Waals surface area (Å²) in [5.74, 6) is 0.274. The Hall–Kier alpha value is -1.84. The van der Waals surface area contributed by atoms with E-state index in [9.17, 15) is 5.11 Å². The van der Waals surface area contributed by atoms with Gasteiger partial charge in [-0.05, 0) is 49.8 Å². The van der Waals surface area contributed by atoms with Gasteiger partial charge in [-0.2, -0.15) is 0 Å². The molecule has 21 heavy (non-hydrogen) atoms. The molecule has 3 nitrogen and oxygen atoms in total. The van der Waals surface area contributed by atoms with Crippen molar-refractivity contribution in [2.45, 2.75) is 13.0 Å². The van der Waals surface area contributed by atoms with Gasteiger partial charge in [-0.15, -0.1) is 0 Å². The Labute approximate surface area is 126 Å². The van der Waals surface area contributed by atoms with Crippen molar-refractivity contribution in [2.75, 3.05) is 27.2 Å². The maximum atomic E-state index is 9.46. The molecular formula is C18H23NO2. The van der Waals surface area contributed by atoms with Crippen molar-refractivity contribution in [3.05, 3.63) is 65.2 Å². The number of phenolic OH excluding ortho intramolecular Hbond substituents is 1. The van der Waals surface area contributed by atoms with Gasteiger partial charge in [0, 0.05) is 6.54 Å². The summed E-state index contributed by atoms with van der Waals surface area (Å²) in [4.78, 5) is 2.10. The van der Waals surface area contributed by atoms with Crippen LogP contribution in [0.1, 0.15) is 22.8 Å². The molecule has 3 heteroatoms. The Morgan fingerprint density at radius 1 is 1.05 bits per heavy atom. The van der Waals surface area contributed by atoms with Gasteiger partial charge in [-0.3, -0.25) is 0 Å². The molecule has 0 radical (unpaired) electrons. The highest BCUT2D eigenvalue weighted by molar-refractivity contribution is 5.37. The highest BCUT2D eigenvalue weighted by Gasteiger charge is 2.16. The summed E-state index contributed by atoms with van der Waals surface area (Å²) in [6.45, 7) is 3.63. The molecule has 0 aliphatic heterocycles. The summed E-state index contributed by atoms with van der Waals surface area (Å²) < 4.78 is 6.12. The van der Waals surface area contributed by atoms with Gasteiger partial charge in [0.2, 0.25) is 0 Å². The van der Waals surface area contributed by atoms with E-state index in [2.05, 4.69) is 24.0 Å². The predicted molar refractivity (Wildman–Crippen MR) is 85.6 cm³/mol. The van der Waals surface area contributed by atoms with Crippen molar-refractivity contribution in [2.24, 2.45) is 0 Å². The number of benzene rings is 2. The summed E-state index contributed by atoms with van der Waals surface area (Å²) in [5, 5.41) is 9.46. The van der Waals surface area contributed by atoms with E-state index in [1.54, 1.807) is 12.1 Å². The smallest absolute Gasteiger partial charge is 0.115 e. The Morgan fingerprint density at radius 2 is 1.71 bits per heavy atom. The van der Waals surface area contributed by atoms with Crippen LogP contribution in [0.25, 0.3) is 0 Å². The van der Waals surface area contributed by atoms with Crippen LogP contribution in [0.5, 0.6) is 5.75 Å². The number of rotatable bonds is 6. The zero-order valence-electron chi connectivity index (χ0n) is 12.9. The van der Waals surface area contributed by atoms with E-state index in [4.69, 9.17) is 4.74 Å². The number of ether oxygens (including phenoxy) is 1. The molecule has 0 heterocycles. The molecule has 0 aromatic heterocycles. The Kier molecular flexibility index (Phi) is 5.37. The minimum atomic E-state index is -0.105. The Bertz CT molecular complexity index is 564. The second-order valence-corrected chi connectivity index (χ2v) is 5.50. The van der Waals surface area contributed by atoms with Gasteiger partial charge >= 0.3 is 0 Å². The second kappa shape index (κ2) is 7.25. The molecule has 0 saturated heterocycles. The molecule has 0 aliphatic carbocycles. The van der Waals surface area contributed by atoms with Gasteiger partial charge in [0.1, 0.15) is 11.9 Å². The van der Waals surface area contributed by atoms with Gasteiger partial charge in [-0.1, -0.05) is 36.4 Å². The van der Waals surface area contributed by atoms with E-state index in [-0.39, 0.29) is 11.9 Å². The molecule has 1 N–H and O–H groups in total. The standard InChI is InChI=1S/C18H23NO2/c1-14-6-4-5-7-17(14)18(21-13-12-19(2)3)15-8-10-16(20)11-9-15/h4-11,18,20H,12-13H2,1-3H3. The van der Waals surface area contributed by atoms with Crippen LogP contribution in [-0.2, 0) is 4.74 Å². The third kappa shape index (κ3) is 4.31. The molecular weight excluding hydrogens is 262 g/mol. The summed E-state index contributed by atoms with van der Waals surface area (Å²) in [7, 11) is 4.07. The average molecular weight is 285 g/mol. The first-order valence-electron chi connectivity index (χ1n) is 7.18. The maximum absolute atomic E-state index is 9.46. The predicted octanol–water partition coefficient (Wildman–Crippen LogP) is 3.37. The summed E-state index contributed by atoms with van der Waals surface area (Å²) in [5.41, 5.74) is 3.43. The van der Waals surface area contributed by atoms with Crippen molar-refractivity contribution in [3.63, 3.8) is 0 Å². The average Bonchev–Trinajstić information content (AvgIpc) is 2.46. The van der Waals surface area contributed by atoms with E-state index in [0.29, 0.717) is 6.61 Å². The first kappa shape index (κ1) is 15.5. The van der Waals surface area contributed by atoms with Crippen LogP contribution in [0.4, 0.5) is 0 Å². The molecule has 0 saturated carbocycles. The summed E-state index contributed by atoms with van der Waals surface area (Å²) in [6, 6.07) is 15.5. The summed E-state index contributed by atoms with van der Waals surface area (Å²) >= 11 is 0. The molecule has 0 aliphatic rings. The fraction of sp³-hybridized carbons (Fsp3) is 0.333. The molecule has 112 valence electrons. The fourth-order valence-electron chi connectivity index (χ4n) is 2.25. The molecule has 1 atom stereocenters. The van der Waals surface area contributed by atoms with Crippen LogP contribution in [0.15, 0.2) is 48.5 Å². The number of aryl methyl sites for hydroxylation is 1. The number of hydrogen-bond donors (Lipinski definition) is 1. The van der Waals surface area contributed by atoms with Crippen LogP contribution in [-0.4, -0.2) is 37.3 Å². The van der Waals surface area contributed by atoms with E-state index in [1.165, 1.54) is 11.1 Å². The van der Waals surface area contributed by atoms with Crippen LogP contribution < -0.4 is 0 Å². The van der Waals surface area contributed by atoms with Crippen molar-refractivity contribution < 1.29 is 9.84 Å². The largest absolute Gasteiger partial charge is 0.508 e. The number of phenols is 1. The molecule has 2 rings (SSSR count). The lowest BCUT2D eigenvalue weighted by Crippen LogP contribution is -2.20. The van der Waals surface area contributed by atoms with Crippen LogP contribution in [0.2, 0.25) is 0 Å². The number of aromatic hydroxyl groups is 1. The molecule has 0 bridgehead atoms. The third-order valence-electron chi connectivity index (χ3n) is 3.49. The van der Waals surface area contributed by atoms with Gasteiger partial charge < -0.3 is 14.7 Å². The van der Waals surface area contributed by atoms with E-state index in [0.717, 1.165) is 12.1 Å². The molecule has 1 unspecified atom stereocenters. The van der Waals surface area contributed by atoms with Crippen LogP contribution >= 0.6 is 0 Å². The number of hydrogen-bond acceptors (Lipinski definition) is 3. The van der Waals surface area contributed by atoms with Crippen molar-refractivity contribution in [3.8, 4) is 5.75 Å². The Morgan fingerprint density at radius 3 is 2.33 bits per heavy atom. The molecule has 2 aromatic rings. The summed E-state index contributed by atoms with van der Waals surface area (Å²) in [6.07, 6.45) is -0.105. The highest BCUT2D eigenvalue weighted by atomic mass is 16.5. The SMILES string of the molecule is Cc1ccccc1C(OCCN(C)C)c1ccc(O)cc1. The molecule has 0 fully saturated rings. The molecule has 0 spiro atoms. The van der Waals surface area contributed by atoms with E-state index >= 15 is 0 Å². The van der Waals surface area contributed by atoms with Gasteiger partial charge in [-0.25, -0.2) is 0 Å². The normalized spacial score (nSPS) is 12.6. The topological polar surface area (TPSA) is 32.7 Å². The molecule has 0 amide bonds. The maximum Gasteiger partial charge on any atom is 0.115 e. The third-order valence-corrected chi connectivity index (χ3v) is 3.49. The zero-order valence-corrected chi connectivity index (χ0v) is 12.9. The van der Waals surface area contributed by atoms with E-state index < -0.39 is 0 Å². The minimum absolute atomic E-state index is 0.105.